The van der Waals surface area contributed by atoms with E-state index in [-0.39, 0.29) is 0 Å². The molecule has 0 atom stereocenters. The van der Waals surface area contributed by atoms with E-state index in [9.17, 15) is 0 Å². The summed E-state index contributed by atoms with van der Waals surface area (Å²) in [5.74, 6) is 3.16. The summed E-state index contributed by atoms with van der Waals surface area (Å²) >= 11 is 25.5. The third-order valence-electron chi connectivity index (χ3n) is 2.71. The maximum atomic E-state index is 6.40. The molecule has 0 aromatic heterocycles. The van der Waals surface area contributed by atoms with Crippen molar-refractivity contribution in [1.82, 2.24) is 0 Å². The molecule has 0 nitrogen and oxygen atoms in total. The normalized spacial score (nSPS) is 14.9. The average molecular weight is 378 g/mol. The van der Waals surface area contributed by atoms with Gasteiger partial charge in [0, 0.05) is 0 Å². The van der Waals surface area contributed by atoms with Crippen LogP contribution in [0, 0.1) is 0 Å². The number of benzene rings is 2. The number of halogens is 4. The molecule has 0 heterocycles. The van der Waals surface area contributed by atoms with Gasteiger partial charge in [-0.25, -0.2) is 0 Å². The number of rotatable bonds is 4. The first-order valence-corrected chi connectivity index (χ1v) is 11.7. The molecule has 0 bridgehead atoms. The molecule has 0 saturated heterocycles. The molecular weight excluding hydrogens is 365 g/mol. The van der Waals surface area contributed by atoms with Crippen molar-refractivity contribution in [3.63, 3.8) is 0 Å². The summed E-state index contributed by atoms with van der Waals surface area (Å²) in [6.45, 7) is 0. The van der Waals surface area contributed by atoms with E-state index in [1.807, 2.05) is 60.7 Å². The zero-order chi connectivity index (χ0) is 15.4. The first kappa shape index (κ1) is 16.9. The Kier molecular flexibility index (Phi) is 5.41. The minimum absolute atomic E-state index is 0.436. The molecule has 0 saturated carbocycles. The van der Waals surface area contributed by atoms with Gasteiger partial charge < -0.3 is 0 Å². The quantitative estimate of drug-likeness (QED) is 0.474. The van der Waals surface area contributed by atoms with Gasteiger partial charge in [0.2, 0.25) is 0 Å². The molecule has 0 unspecified atom stereocenters. The second kappa shape index (κ2) is 6.73. The van der Waals surface area contributed by atoms with Crippen LogP contribution in [0.2, 0.25) is 0 Å². The van der Waals surface area contributed by atoms with Gasteiger partial charge in [-0.1, -0.05) is 0 Å². The van der Waals surface area contributed by atoms with Crippen molar-refractivity contribution in [2.75, 3.05) is 0 Å². The van der Waals surface area contributed by atoms with E-state index >= 15 is 0 Å². The molecule has 0 amide bonds. The van der Waals surface area contributed by atoms with Crippen LogP contribution in [-0.2, 0) is 0 Å². The van der Waals surface area contributed by atoms with Gasteiger partial charge in [-0.3, -0.25) is 0 Å². The molecule has 0 radical (unpaired) electrons. The molecule has 0 aliphatic rings. The van der Waals surface area contributed by atoms with E-state index in [1.165, 1.54) is 5.82 Å². The fourth-order valence-corrected chi connectivity index (χ4v) is 5.31. The fraction of sp³-hybridized carbons (Fsp3) is 0. The van der Waals surface area contributed by atoms with Crippen LogP contribution in [0.1, 0.15) is 11.1 Å². The maximum absolute atomic E-state index is 6.40. The predicted octanol–water partition coefficient (Wildman–Crippen LogP) is 7.91. The summed E-state index contributed by atoms with van der Waals surface area (Å²) in [4.78, 5) is 0. The van der Waals surface area contributed by atoms with Gasteiger partial charge in [0.05, 0.1) is 0 Å². The Labute approximate surface area is 144 Å². The van der Waals surface area contributed by atoms with Crippen LogP contribution >= 0.6 is 50.0 Å². The molecule has 0 aliphatic heterocycles. The van der Waals surface area contributed by atoms with Crippen molar-refractivity contribution in [1.29, 1.82) is 0 Å². The van der Waals surface area contributed by atoms with Crippen LogP contribution in [0.5, 0.6) is 0 Å². The van der Waals surface area contributed by atoms with Gasteiger partial charge in [-0.2, -0.15) is 0 Å². The molecule has 2 aromatic rings. The number of hydrogen-bond acceptors (Lipinski definition) is 0. The van der Waals surface area contributed by atoms with Crippen LogP contribution < -0.4 is 0 Å². The van der Waals surface area contributed by atoms with Gasteiger partial charge >= 0.3 is 145 Å². The molecular formula is C16H13Cl4P. The van der Waals surface area contributed by atoms with E-state index in [0.717, 1.165) is 11.1 Å². The molecule has 0 spiro atoms. The second-order valence-electron chi connectivity index (χ2n) is 4.50. The van der Waals surface area contributed by atoms with Crippen LogP contribution in [0.25, 0.3) is 11.1 Å². The number of hydrogen-bond donors (Lipinski definition) is 0. The Morgan fingerprint density at radius 3 is 1.90 bits per heavy atom. The first-order chi connectivity index (χ1) is 9.83. The summed E-state index contributed by atoms with van der Waals surface area (Å²) in [5.41, 5.74) is 1.79. The molecule has 0 aliphatic carbocycles. The average Bonchev–Trinajstić information content (AvgIpc) is 2.46. The first-order valence-electron chi connectivity index (χ1n) is 6.19. The van der Waals surface area contributed by atoms with Crippen molar-refractivity contribution in [3.05, 3.63) is 83.4 Å². The molecule has 0 fully saturated rings. The van der Waals surface area contributed by atoms with Gasteiger partial charge in [0.25, 0.3) is 0 Å². The molecule has 2 aromatic carbocycles. The Morgan fingerprint density at radius 1 is 0.810 bits per heavy atom. The third kappa shape index (κ3) is 5.66. The summed E-state index contributed by atoms with van der Waals surface area (Å²) in [7, 11) is 0. The molecule has 2 rings (SSSR count). The van der Waals surface area contributed by atoms with Crippen molar-refractivity contribution >= 4 is 61.1 Å². The third-order valence-corrected chi connectivity index (χ3v) is 6.44. The predicted molar refractivity (Wildman–Crippen MR) is 100 cm³/mol. The minimum atomic E-state index is -3.66. The Balaban J connectivity index is 2.29. The van der Waals surface area contributed by atoms with Crippen molar-refractivity contribution in [3.8, 4) is 0 Å². The van der Waals surface area contributed by atoms with Crippen molar-refractivity contribution in [2.24, 2.45) is 0 Å². The summed E-state index contributed by atoms with van der Waals surface area (Å²) < 4.78 is -3.66. The Hall–Kier alpha value is -0.490. The summed E-state index contributed by atoms with van der Waals surface area (Å²) in [5, 5.41) is 0.436. The van der Waals surface area contributed by atoms with E-state index in [1.54, 1.807) is 11.9 Å². The van der Waals surface area contributed by atoms with Gasteiger partial charge in [0.1, 0.15) is 0 Å². The Morgan fingerprint density at radius 2 is 1.33 bits per heavy atom. The van der Waals surface area contributed by atoms with Crippen LogP contribution in [0.3, 0.4) is 0 Å². The summed E-state index contributed by atoms with van der Waals surface area (Å²) in [6, 6.07) is 19.1. The Bertz CT molecular complexity index is 655. The SMILES string of the molecule is Cl/C(=C\P(Cl)(Cl)(Cl)/C=C/c1ccccc1)c1ccccc1. The topological polar surface area (TPSA) is 0 Å². The van der Waals surface area contributed by atoms with Gasteiger partial charge in [0.15, 0.2) is 0 Å². The fourth-order valence-electron chi connectivity index (χ4n) is 1.69. The molecule has 110 valence electrons. The standard InChI is InChI=1S/C16H13Cl4P/c17-16(15-9-5-2-6-10-15)13-21(18,19,20)12-11-14-7-3-1-4-8-14/h1-13H/b12-11+,16-13-. The van der Waals surface area contributed by atoms with E-state index in [4.69, 9.17) is 45.3 Å². The zero-order valence-corrected chi connectivity index (χ0v) is 14.9. The van der Waals surface area contributed by atoms with E-state index in [0.29, 0.717) is 5.03 Å². The van der Waals surface area contributed by atoms with Gasteiger partial charge in [-0.15, -0.1) is 0 Å². The van der Waals surface area contributed by atoms with E-state index in [2.05, 4.69) is 0 Å². The van der Waals surface area contributed by atoms with Crippen molar-refractivity contribution < 1.29 is 0 Å². The monoisotopic (exact) mass is 376 g/mol. The zero-order valence-electron chi connectivity index (χ0n) is 11.0. The van der Waals surface area contributed by atoms with Crippen LogP contribution in [-0.4, -0.2) is 0 Å². The van der Waals surface area contributed by atoms with Crippen LogP contribution in [0.4, 0.5) is 0 Å². The van der Waals surface area contributed by atoms with E-state index < -0.39 is 4.66 Å². The molecule has 5 heteroatoms. The van der Waals surface area contributed by atoms with Crippen LogP contribution in [0.15, 0.2) is 72.3 Å². The van der Waals surface area contributed by atoms with Crippen molar-refractivity contribution in [2.45, 2.75) is 0 Å². The van der Waals surface area contributed by atoms with Gasteiger partial charge in [-0.05, 0) is 0 Å². The molecule has 0 N–H and O–H groups in total. The second-order valence-corrected chi connectivity index (χ2v) is 15.4. The molecule has 21 heavy (non-hydrogen) atoms. The summed E-state index contributed by atoms with van der Waals surface area (Å²) in [6.07, 6.45) is 1.80.